The summed E-state index contributed by atoms with van der Waals surface area (Å²) in [6.45, 7) is 5.35. The van der Waals surface area contributed by atoms with Crippen molar-refractivity contribution >= 4 is 0 Å². The minimum absolute atomic E-state index is 0.662. The molecular formula is C17H31N3O. The number of hydrogen-bond acceptors (Lipinski definition) is 3. The number of aromatic nitrogens is 2. The van der Waals surface area contributed by atoms with Crippen LogP contribution in [0.2, 0.25) is 0 Å². The summed E-state index contributed by atoms with van der Waals surface area (Å²) in [6, 6.07) is 0. The number of ether oxygens (including phenoxy) is 1. The van der Waals surface area contributed by atoms with Crippen LogP contribution >= 0.6 is 0 Å². The van der Waals surface area contributed by atoms with Crippen LogP contribution in [0, 0.1) is 5.92 Å². The van der Waals surface area contributed by atoms with Crippen LogP contribution in [0.5, 0.6) is 0 Å². The standard InChI is InChI=1S/C17H31N3O/c1-4-5-10-20(2)12-16-11-18-19-17(16)15-8-6-14(7-9-15)13-21-3/h11,14-15H,4-10,12-13H2,1-3H3,(H,18,19). The van der Waals surface area contributed by atoms with Crippen molar-refractivity contribution in [2.24, 2.45) is 5.92 Å². The first-order valence-corrected chi connectivity index (χ1v) is 8.44. The maximum atomic E-state index is 5.29. The van der Waals surface area contributed by atoms with E-state index in [4.69, 9.17) is 4.74 Å². The Morgan fingerprint density at radius 3 is 2.76 bits per heavy atom. The van der Waals surface area contributed by atoms with Gasteiger partial charge in [0.15, 0.2) is 0 Å². The molecule has 0 aliphatic heterocycles. The second-order valence-electron chi connectivity index (χ2n) is 6.57. The van der Waals surface area contributed by atoms with Gasteiger partial charge < -0.3 is 9.64 Å². The van der Waals surface area contributed by atoms with Crippen LogP contribution in [0.25, 0.3) is 0 Å². The van der Waals surface area contributed by atoms with E-state index in [9.17, 15) is 0 Å². The normalized spacial score (nSPS) is 22.9. The summed E-state index contributed by atoms with van der Waals surface area (Å²) in [5.74, 6) is 1.42. The molecule has 0 atom stereocenters. The van der Waals surface area contributed by atoms with E-state index < -0.39 is 0 Å². The molecule has 1 heterocycles. The predicted octanol–water partition coefficient (Wildman–Crippen LogP) is 3.56. The first-order chi connectivity index (χ1) is 10.2. The van der Waals surface area contributed by atoms with Gasteiger partial charge in [-0.2, -0.15) is 5.10 Å². The number of H-pyrrole nitrogens is 1. The highest BCUT2D eigenvalue weighted by atomic mass is 16.5. The van der Waals surface area contributed by atoms with Crippen LogP contribution in [-0.4, -0.2) is 42.4 Å². The van der Waals surface area contributed by atoms with Crippen molar-refractivity contribution in [2.75, 3.05) is 27.3 Å². The van der Waals surface area contributed by atoms with E-state index in [0.29, 0.717) is 5.92 Å². The number of methoxy groups -OCH3 is 1. The molecule has 1 aliphatic carbocycles. The number of hydrogen-bond donors (Lipinski definition) is 1. The highest BCUT2D eigenvalue weighted by Gasteiger charge is 2.25. The Hall–Kier alpha value is -0.870. The van der Waals surface area contributed by atoms with Gasteiger partial charge in [0.05, 0.1) is 6.20 Å². The summed E-state index contributed by atoms with van der Waals surface area (Å²) in [5.41, 5.74) is 2.78. The van der Waals surface area contributed by atoms with Crippen molar-refractivity contribution in [2.45, 2.75) is 57.9 Å². The fourth-order valence-corrected chi connectivity index (χ4v) is 3.45. The van der Waals surface area contributed by atoms with Crippen LogP contribution in [0.15, 0.2) is 6.20 Å². The molecule has 0 radical (unpaired) electrons. The minimum atomic E-state index is 0.662. The Morgan fingerprint density at radius 1 is 1.33 bits per heavy atom. The van der Waals surface area contributed by atoms with E-state index in [1.54, 1.807) is 0 Å². The average molecular weight is 293 g/mol. The summed E-state index contributed by atoms with van der Waals surface area (Å²) in [4.78, 5) is 2.41. The molecule has 1 fully saturated rings. The maximum absolute atomic E-state index is 5.29. The van der Waals surface area contributed by atoms with E-state index in [1.165, 1.54) is 56.3 Å². The number of rotatable bonds is 8. The largest absolute Gasteiger partial charge is 0.384 e. The molecule has 120 valence electrons. The lowest BCUT2D eigenvalue weighted by Gasteiger charge is -2.28. The zero-order valence-electron chi connectivity index (χ0n) is 13.9. The summed E-state index contributed by atoms with van der Waals surface area (Å²) < 4.78 is 5.29. The summed E-state index contributed by atoms with van der Waals surface area (Å²) in [5, 5.41) is 7.59. The van der Waals surface area contributed by atoms with Gasteiger partial charge in [-0.3, -0.25) is 5.10 Å². The Labute approximate surface area is 129 Å². The molecule has 1 saturated carbocycles. The van der Waals surface area contributed by atoms with Crippen molar-refractivity contribution in [3.8, 4) is 0 Å². The van der Waals surface area contributed by atoms with Crippen LogP contribution < -0.4 is 0 Å². The number of nitrogens with zero attached hydrogens (tertiary/aromatic N) is 2. The molecule has 0 aromatic carbocycles. The predicted molar refractivity (Wildman–Crippen MR) is 86.4 cm³/mol. The van der Waals surface area contributed by atoms with Gasteiger partial charge >= 0.3 is 0 Å². The van der Waals surface area contributed by atoms with Gasteiger partial charge in [-0.15, -0.1) is 0 Å². The van der Waals surface area contributed by atoms with Gasteiger partial charge in [-0.25, -0.2) is 0 Å². The fraction of sp³-hybridized carbons (Fsp3) is 0.824. The van der Waals surface area contributed by atoms with Crippen LogP contribution in [0.1, 0.15) is 62.6 Å². The Morgan fingerprint density at radius 2 is 2.10 bits per heavy atom. The van der Waals surface area contributed by atoms with Crippen molar-refractivity contribution < 1.29 is 4.74 Å². The number of nitrogens with one attached hydrogen (secondary N) is 1. The van der Waals surface area contributed by atoms with Crippen molar-refractivity contribution in [1.82, 2.24) is 15.1 Å². The fourth-order valence-electron chi connectivity index (χ4n) is 3.45. The van der Waals surface area contributed by atoms with E-state index >= 15 is 0 Å². The third-order valence-electron chi connectivity index (χ3n) is 4.74. The summed E-state index contributed by atoms with van der Waals surface area (Å²) in [6.07, 6.45) is 9.64. The Bertz CT molecular complexity index is 396. The molecule has 1 aromatic heterocycles. The van der Waals surface area contributed by atoms with E-state index in [2.05, 4.69) is 29.1 Å². The second-order valence-corrected chi connectivity index (χ2v) is 6.57. The van der Waals surface area contributed by atoms with E-state index in [0.717, 1.165) is 19.1 Å². The average Bonchev–Trinajstić information content (AvgIpc) is 2.94. The lowest BCUT2D eigenvalue weighted by atomic mass is 9.80. The SMILES string of the molecule is CCCCN(C)Cc1cn[nH]c1C1CCC(COC)CC1. The summed E-state index contributed by atoms with van der Waals surface area (Å²) in [7, 11) is 4.02. The third kappa shape index (κ3) is 4.82. The monoisotopic (exact) mass is 293 g/mol. The highest BCUT2D eigenvalue weighted by Crippen LogP contribution is 2.36. The molecule has 21 heavy (non-hydrogen) atoms. The van der Waals surface area contributed by atoms with Gasteiger partial charge in [0.1, 0.15) is 0 Å². The number of unbranched alkanes of at least 4 members (excludes halogenated alkanes) is 1. The zero-order chi connectivity index (χ0) is 15.1. The third-order valence-corrected chi connectivity index (χ3v) is 4.74. The molecule has 0 saturated heterocycles. The molecule has 1 aliphatic rings. The van der Waals surface area contributed by atoms with Crippen LogP contribution in [0.3, 0.4) is 0 Å². The number of aromatic amines is 1. The first kappa shape index (κ1) is 16.5. The van der Waals surface area contributed by atoms with Gasteiger partial charge in [0, 0.05) is 37.4 Å². The molecule has 0 unspecified atom stereocenters. The first-order valence-electron chi connectivity index (χ1n) is 8.44. The molecule has 2 rings (SSSR count). The van der Waals surface area contributed by atoms with E-state index in [-0.39, 0.29) is 0 Å². The maximum Gasteiger partial charge on any atom is 0.0535 e. The molecule has 0 spiro atoms. The smallest absolute Gasteiger partial charge is 0.0535 e. The molecule has 4 nitrogen and oxygen atoms in total. The van der Waals surface area contributed by atoms with Gasteiger partial charge in [-0.1, -0.05) is 13.3 Å². The summed E-state index contributed by atoms with van der Waals surface area (Å²) >= 11 is 0. The molecule has 0 bridgehead atoms. The lowest BCUT2D eigenvalue weighted by molar-refractivity contribution is 0.126. The van der Waals surface area contributed by atoms with Crippen LogP contribution in [-0.2, 0) is 11.3 Å². The molecule has 1 aromatic rings. The second kappa shape index (κ2) is 8.54. The van der Waals surface area contributed by atoms with Crippen molar-refractivity contribution in [1.29, 1.82) is 0 Å². The molecule has 1 N–H and O–H groups in total. The minimum Gasteiger partial charge on any atom is -0.384 e. The highest BCUT2D eigenvalue weighted by molar-refractivity contribution is 5.21. The Balaban J connectivity index is 1.88. The quantitative estimate of drug-likeness (QED) is 0.796. The lowest BCUT2D eigenvalue weighted by Crippen LogP contribution is -2.21. The zero-order valence-corrected chi connectivity index (χ0v) is 13.9. The van der Waals surface area contributed by atoms with Crippen molar-refractivity contribution in [3.63, 3.8) is 0 Å². The van der Waals surface area contributed by atoms with E-state index in [1.807, 2.05) is 13.3 Å². The van der Waals surface area contributed by atoms with Crippen molar-refractivity contribution in [3.05, 3.63) is 17.5 Å². The van der Waals surface area contributed by atoms with Gasteiger partial charge in [0.2, 0.25) is 0 Å². The van der Waals surface area contributed by atoms with Gasteiger partial charge in [-0.05, 0) is 51.6 Å². The molecular weight excluding hydrogens is 262 g/mol. The molecule has 4 heteroatoms. The Kier molecular flexibility index (Phi) is 6.71. The molecule has 0 amide bonds. The van der Waals surface area contributed by atoms with Gasteiger partial charge in [0.25, 0.3) is 0 Å². The topological polar surface area (TPSA) is 41.2 Å². The van der Waals surface area contributed by atoms with Crippen LogP contribution in [0.4, 0.5) is 0 Å².